The first-order valence-corrected chi connectivity index (χ1v) is 7.96. The number of hydrogen-bond acceptors (Lipinski definition) is 4. The number of carbonyl (C=O) groups is 1. The Morgan fingerprint density at radius 1 is 1.23 bits per heavy atom. The van der Waals surface area contributed by atoms with Gasteiger partial charge in [0, 0.05) is 0 Å². The second-order valence-corrected chi connectivity index (χ2v) is 6.75. The number of amides is 1. The summed E-state index contributed by atoms with van der Waals surface area (Å²) in [4.78, 5) is 11.9. The number of benzene rings is 1. The third kappa shape index (κ3) is 5.31. The van der Waals surface area contributed by atoms with E-state index in [1.54, 1.807) is 0 Å². The van der Waals surface area contributed by atoms with Crippen LogP contribution in [0, 0.1) is 5.92 Å². The Morgan fingerprint density at radius 2 is 1.86 bits per heavy atom. The molecule has 0 aromatic heterocycles. The average molecular weight is 305 g/mol. The van der Waals surface area contributed by atoms with Gasteiger partial charge < -0.3 is 10.1 Å². The Labute approximate surface area is 132 Å². The third-order valence-electron chi connectivity index (χ3n) is 3.74. The minimum Gasteiger partial charge on any atom is -0.443 e. The highest BCUT2D eigenvalue weighted by Gasteiger charge is 2.26. The van der Waals surface area contributed by atoms with Crippen molar-refractivity contribution in [2.75, 3.05) is 13.1 Å². The van der Waals surface area contributed by atoms with Gasteiger partial charge >= 0.3 is 6.09 Å². The van der Waals surface area contributed by atoms with Crippen LogP contribution in [0.4, 0.5) is 4.79 Å². The van der Waals surface area contributed by atoms with Crippen LogP contribution >= 0.6 is 0 Å². The highest BCUT2D eigenvalue weighted by atomic mass is 16.6. The Morgan fingerprint density at radius 3 is 2.45 bits per heavy atom. The largest absolute Gasteiger partial charge is 0.443 e. The molecule has 1 atom stereocenters. The molecule has 122 valence electrons. The molecular formula is C17H27N3O2. The van der Waals surface area contributed by atoms with Crippen LogP contribution < -0.4 is 16.2 Å². The highest BCUT2D eigenvalue weighted by Crippen LogP contribution is 2.28. The van der Waals surface area contributed by atoms with Crippen LogP contribution in [0.25, 0.3) is 0 Å². The van der Waals surface area contributed by atoms with Crippen LogP contribution in [0.2, 0.25) is 0 Å². The van der Waals surface area contributed by atoms with Gasteiger partial charge in [-0.1, -0.05) is 30.3 Å². The molecular weight excluding hydrogens is 278 g/mol. The van der Waals surface area contributed by atoms with Crippen LogP contribution in [0.5, 0.6) is 0 Å². The lowest BCUT2D eigenvalue weighted by Crippen LogP contribution is -2.46. The maximum Gasteiger partial charge on any atom is 0.422 e. The summed E-state index contributed by atoms with van der Waals surface area (Å²) in [6.07, 6.45) is 1.73. The molecule has 1 aromatic carbocycles. The van der Waals surface area contributed by atoms with Gasteiger partial charge in [-0.25, -0.2) is 10.2 Å². The second-order valence-electron chi connectivity index (χ2n) is 6.75. The summed E-state index contributed by atoms with van der Waals surface area (Å²) in [5.41, 5.74) is 6.57. The fraction of sp³-hybridized carbons (Fsp3) is 0.588. The molecule has 3 N–H and O–H groups in total. The molecule has 1 heterocycles. The first-order chi connectivity index (χ1) is 10.5. The summed E-state index contributed by atoms with van der Waals surface area (Å²) in [7, 11) is 0. The molecule has 5 heteroatoms. The minimum atomic E-state index is -0.497. The monoisotopic (exact) mass is 305 g/mol. The van der Waals surface area contributed by atoms with Gasteiger partial charge in [0.1, 0.15) is 5.60 Å². The van der Waals surface area contributed by atoms with E-state index in [0.29, 0.717) is 5.92 Å². The summed E-state index contributed by atoms with van der Waals surface area (Å²) in [5, 5.41) is 3.38. The van der Waals surface area contributed by atoms with Crippen molar-refractivity contribution in [1.82, 2.24) is 16.2 Å². The number of hydrazine groups is 1. The molecule has 0 unspecified atom stereocenters. The summed E-state index contributed by atoms with van der Waals surface area (Å²) < 4.78 is 5.29. The fourth-order valence-electron chi connectivity index (χ4n) is 2.75. The van der Waals surface area contributed by atoms with Crippen molar-refractivity contribution in [1.29, 1.82) is 0 Å². The predicted molar refractivity (Wildman–Crippen MR) is 87.3 cm³/mol. The summed E-state index contributed by atoms with van der Waals surface area (Å²) in [5.74, 6) is 0.485. The highest BCUT2D eigenvalue weighted by molar-refractivity contribution is 5.67. The van der Waals surface area contributed by atoms with E-state index in [1.165, 1.54) is 5.56 Å². The third-order valence-corrected chi connectivity index (χ3v) is 3.74. The van der Waals surface area contributed by atoms with E-state index in [0.717, 1.165) is 25.9 Å². The zero-order valence-electron chi connectivity index (χ0n) is 13.7. The van der Waals surface area contributed by atoms with Gasteiger partial charge in [0.05, 0.1) is 6.04 Å². The van der Waals surface area contributed by atoms with Gasteiger partial charge in [0.15, 0.2) is 0 Å². The molecule has 1 aliphatic rings. The molecule has 0 saturated carbocycles. The van der Waals surface area contributed by atoms with E-state index >= 15 is 0 Å². The van der Waals surface area contributed by atoms with Gasteiger partial charge in [0.25, 0.3) is 0 Å². The zero-order valence-corrected chi connectivity index (χ0v) is 13.7. The topological polar surface area (TPSA) is 62.4 Å². The van der Waals surface area contributed by atoms with E-state index in [4.69, 9.17) is 4.74 Å². The van der Waals surface area contributed by atoms with Crippen molar-refractivity contribution in [2.45, 2.75) is 45.3 Å². The van der Waals surface area contributed by atoms with Gasteiger partial charge in [-0.15, -0.1) is 0 Å². The molecule has 5 nitrogen and oxygen atoms in total. The lowest BCUT2D eigenvalue weighted by Gasteiger charge is -2.32. The van der Waals surface area contributed by atoms with Gasteiger partial charge in [-0.2, -0.15) is 0 Å². The van der Waals surface area contributed by atoms with Crippen molar-refractivity contribution < 1.29 is 9.53 Å². The number of piperidine rings is 1. The lowest BCUT2D eigenvalue weighted by atomic mass is 9.86. The Bertz CT molecular complexity index is 465. The lowest BCUT2D eigenvalue weighted by molar-refractivity contribution is 0.0475. The standard InChI is InChI=1S/C17H27N3O2/c1-17(2,3)22-16(21)20-19-15(13-7-5-4-6-8-13)14-9-11-18-12-10-14/h4-8,14-15,18-19H,9-12H2,1-3H3,(H,20,21)/t15-/m1/s1. The van der Waals surface area contributed by atoms with Crippen molar-refractivity contribution in [3.05, 3.63) is 35.9 Å². The second kappa shape index (κ2) is 7.61. The quantitative estimate of drug-likeness (QED) is 0.749. The molecule has 0 bridgehead atoms. The molecule has 1 aromatic rings. The summed E-state index contributed by atoms with van der Waals surface area (Å²) >= 11 is 0. The van der Waals surface area contributed by atoms with Crippen LogP contribution in [0.15, 0.2) is 30.3 Å². The molecule has 1 fully saturated rings. The average Bonchev–Trinajstić information content (AvgIpc) is 2.48. The van der Waals surface area contributed by atoms with Gasteiger partial charge in [0.2, 0.25) is 0 Å². The molecule has 1 saturated heterocycles. The van der Waals surface area contributed by atoms with Gasteiger partial charge in [-0.3, -0.25) is 5.43 Å². The maximum absolute atomic E-state index is 11.9. The first-order valence-electron chi connectivity index (χ1n) is 7.96. The van der Waals surface area contributed by atoms with E-state index < -0.39 is 11.7 Å². The Balaban J connectivity index is 2.00. The van der Waals surface area contributed by atoms with E-state index in [9.17, 15) is 4.79 Å². The SMILES string of the molecule is CC(C)(C)OC(=O)NN[C@H](c1ccccc1)C1CCNCC1. The number of nitrogens with one attached hydrogen (secondary N) is 3. The van der Waals surface area contributed by atoms with Crippen LogP contribution in [-0.2, 0) is 4.74 Å². The van der Waals surface area contributed by atoms with Crippen LogP contribution in [-0.4, -0.2) is 24.8 Å². The van der Waals surface area contributed by atoms with Crippen molar-refractivity contribution in [3.8, 4) is 0 Å². The number of rotatable bonds is 4. The van der Waals surface area contributed by atoms with E-state index in [1.807, 2.05) is 39.0 Å². The summed E-state index contributed by atoms with van der Waals surface area (Å²) in [6, 6.07) is 10.3. The number of hydrogen-bond donors (Lipinski definition) is 3. The molecule has 1 amide bonds. The molecule has 0 spiro atoms. The van der Waals surface area contributed by atoms with E-state index in [2.05, 4.69) is 28.3 Å². The number of ether oxygens (including phenoxy) is 1. The zero-order chi connectivity index (χ0) is 16.0. The molecule has 0 aliphatic carbocycles. The van der Waals surface area contributed by atoms with Crippen molar-refractivity contribution in [2.24, 2.45) is 5.92 Å². The van der Waals surface area contributed by atoms with Gasteiger partial charge in [-0.05, 0) is 58.2 Å². The summed E-state index contributed by atoms with van der Waals surface area (Å²) in [6.45, 7) is 7.60. The van der Waals surface area contributed by atoms with Crippen molar-refractivity contribution >= 4 is 6.09 Å². The van der Waals surface area contributed by atoms with Crippen LogP contribution in [0.1, 0.15) is 45.2 Å². The van der Waals surface area contributed by atoms with E-state index in [-0.39, 0.29) is 6.04 Å². The molecule has 2 rings (SSSR count). The van der Waals surface area contributed by atoms with Crippen LogP contribution in [0.3, 0.4) is 0 Å². The molecule has 1 aliphatic heterocycles. The normalized spacial score (nSPS) is 17.8. The Hall–Kier alpha value is -1.59. The molecule has 0 radical (unpaired) electrons. The fourth-order valence-corrected chi connectivity index (χ4v) is 2.75. The Kier molecular flexibility index (Phi) is 5.80. The first kappa shape index (κ1) is 16.8. The number of carbonyl (C=O) groups excluding carboxylic acids is 1. The smallest absolute Gasteiger partial charge is 0.422 e. The maximum atomic E-state index is 11.9. The predicted octanol–water partition coefficient (Wildman–Crippen LogP) is 2.76. The minimum absolute atomic E-state index is 0.0934. The molecule has 22 heavy (non-hydrogen) atoms. The van der Waals surface area contributed by atoms with Crippen molar-refractivity contribution in [3.63, 3.8) is 0 Å².